The number of hydrogen-bond donors (Lipinski definition) is 1. The molecule has 1 fully saturated rings. The summed E-state index contributed by atoms with van der Waals surface area (Å²) in [6.45, 7) is 1.86. The molecule has 3 rings (SSSR count). The molecule has 1 saturated heterocycles. The number of halogens is 1. The zero-order valence-electron chi connectivity index (χ0n) is 14.1. The highest BCUT2D eigenvalue weighted by atomic mass is 32.2. The van der Waals surface area contributed by atoms with E-state index in [1.165, 1.54) is 17.2 Å². The van der Waals surface area contributed by atoms with Gasteiger partial charge in [0.1, 0.15) is 11.1 Å². The van der Waals surface area contributed by atoms with Crippen LogP contribution in [0.4, 0.5) is 4.39 Å². The fourth-order valence-electron chi connectivity index (χ4n) is 3.08. The number of hydrogen-bond acceptors (Lipinski definition) is 4. The first-order chi connectivity index (χ1) is 11.9. The topological polar surface area (TPSA) is 58.6 Å². The van der Waals surface area contributed by atoms with Crippen LogP contribution in [0.1, 0.15) is 30.1 Å². The lowest BCUT2D eigenvalue weighted by Crippen LogP contribution is -2.40. The van der Waals surface area contributed by atoms with Gasteiger partial charge in [0.2, 0.25) is 10.0 Å². The lowest BCUT2D eigenvalue weighted by atomic mass is 10.0. The summed E-state index contributed by atoms with van der Waals surface area (Å²) in [5.74, 6) is -0.361. The SMILES string of the molecule is CC(NS(=O)(=O)C1CON(C)C1c1ccc(F)cc1)c1ccccc1. The highest BCUT2D eigenvalue weighted by Crippen LogP contribution is 2.34. The van der Waals surface area contributed by atoms with Gasteiger partial charge in [-0.25, -0.2) is 17.5 Å². The summed E-state index contributed by atoms with van der Waals surface area (Å²) >= 11 is 0. The van der Waals surface area contributed by atoms with Gasteiger partial charge in [-0.15, -0.1) is 0 Å². The van der Waals surface area contributed by atoms with E-state index in [0.717, 1.165) is 5.56 Å². The van der Waals surface area contributed by atoms with Crippen molar-refractivity contribution in [3.63, 3.8) is 0 Å². The molecule has 1 heterocycles. The Bertz CT molecular complexity index is 812. The summed E-state index contributed by atoms with van der Waals surface area (Å²) in [5, 5.41) is 0.735. The lowest BCUT2D eigenvalue weighted by molar-refractivity contribution is -0.110. The van der Waals surface area contributed by atoms with Crippen LogP contribution in [-0.2, 0) is 14.9 Å². The molecule has 0 aromatic heterocycles. The normalized spacial score (nSPS) is 22.8. The van der Waals surface area contributed by atoms with Gasteiger partial charge in [-0.1, -0.05) is 42.5 Å². The molecule has 1 N–H and O–H groups in total. The molecule has 2 aromatic carbocycles. The zero-order chi connectivity index (χ0) is 18.0. The highest BCUT2D eigenvalue weighted by molar-refractivity contribution is 7.90. The predicted molar refractivity (Wildman–Crippen MR) is 93.6 cm³/mol. The van der Waals surface area contributed by atoms with Crippen molar-refractivity contribution in [2.45, 2.75) is 24.3 Å². The van der Waals surface area contributed by atoms with Crippen LogP contribution in [0.5, 0.6) is 0 Å². The first kappa shape index (κ1) is 18.0. The maximum atomic E-state index is 13.2. The van der Waals surface area contributed by atoms with Crippen LogP contribution in [0.2, 0.25) is 0 Å². The van der Waals surface area contributed by atoms with Gasteiger partial charge in [-0.2, -0.15) is 5.06 Å². The minimum Gasteiger partial charge on any atom is -0.297 e. The molecule has 1 aliphatic rings. The molecule has 0 amide bonds. The Labute approximate surface area is 147 Å². The monoisotopic (exact) mass is 364 g/mol. The molecular weight excluding hydrogens is 343 g/mol. The Balaban J connectivity index is 1.84. The van der Waals surface area contributed by atoms with E-state index in [4.69, 9.17) is 4.84 Å². The van der Waals surface area contributed by atoms with E-state index in [1.807, 2.05) is 30.3 Å². The van der Waals surface area contributed by atoms with Gasteiger partial charge in [-0.05, 0) is 30.2 Å². The Hall–Kier alpha value is -1.80. The maximum Gasteiger partial charge on any atom is 0.219 e. The van der Waals surface area contributed by atoms with Crippen molar-refractivity contribution < 1.29 is 17.6 Å². The third-order valence-corrected chi connectivity index (χ3v) is 6.31. The van der Waals surface area contributed by atoms with Crippen LogP contribution in [-0.4, -0.2) is 32.4 Å². The largest absolute Gasteiger partial charge is 0.297 e. The second-order valence-corrected chi connectivity index (χ2v) is 8.10. The standard InChI is InChI=1S/C18H21FN2O3S/c1-13(14-6-4-3-5-7-14)20-25(22,23)17-12-24-21(2)18(17)15-8-10-16(19)11-9-15/h3-11,13,17-18,20H,12H2,1-2H3. The van der Waals surface area contributed by atoms with Crippen molar-refractivity contribution in [1.29, 1.82) is 0 Å². The molecule has 3 atom stereocenters. The summed E-state index contributed by atoms with van der Waals surface area (Å²) in [5.41, 5.74) is 1.58. The first-order valence-corrected chi connectivity index (χ1v) is 9.60. The van der Waals surface area contributed by atoms with E-state index in [9.17, 15) is 12.8 Å². The molecule has 7 heteroatoms. The fourth-order valence-corrected chi connectivity index (χ4v) is 4.80. The summed E-state index contributed by atoms with van der Waals surface area (Å²) < 4.78 is 41.8. The molecule has 134 valence electrons. The molecule has 5 nitrogen and oxygen atoms in total. The molecule has 0 bridgehead atoms. The zero-order valence-corrected chi connectivity index (χ0v) is 14.9. The highest BCUT2D eigenvalue weighted by Gasteiger charge is 2.43. The fraction of sp³-hybridized carbons (Fsp3) is 0.333. The van der Waals surface area contributed by atoms with Crippen molar-refractivity contribution in [2.24, 2.45) is 0 Å². The number of rotatable bonds is 5. The summed E-state index contributed by atoms with van der Waals surface area (Å²) in [4.78, 5) is 5.46. The van der Waals surface area contributed by atoms with Crippen LogP contribution < -0.4 is 4.72 Å². The molecule has 0 spiro atoms. The third kappa shape index (κ3) is 3.90. The van der Waals surface area contributed by atoms with Gasteiger partial charge in [0.25, 0.3) is 0 Å². The number of nitrogens with one attached hydrogen (secondary N) is 1. The van der Waals surface area contributed by atoms with Crippen molar-refractivity contribution in [3.05, 3.63) is 71.5 Å². The van der Waals surface area contributed by atoms with Gasteiger partial charge in [0.05, 0.1) is 12.6 Å². The molecule has 0 radical (unpaired) electrons. The molecule has 0 saturated carbocycles. The van der Waals surface area contributed by atoms with Crippen molar-refractivity contribution in [2.75, 3.05) is 13.7 Å². The van der Waals surface area contributed by atoms with Crippen LogP contribution in [0.25, 0.3) is 0 Å². The van der Waals surface area contributed by atoms with E-state index in [1.54, 1.807) is 26.1 Å². The van der Waals surface area contributed by atoms with E-state index >= 15 is 0 Å². The molecule has 1 aliphatic heterocycles. The van der Waals surface area contributed by atoms with E-state index in [2.05, 4.69) is 4.72 Å². The Kier molecular flexibility index (Phi) is 5.19. The number of sulfonamides is 1. The molecule has 2 aromatic rings. The van der Waals surface area contributed by atoms with Gasteiger partial charge < -0.3 is 0 Å². The van der Waals surface area contributed by atoms with Crippen LogP contribution in [0.15, 0.2) is 54.6 Å². The number of hydroxylamine groups is 2. The van der Waals surface area contributed by atoms with Crippen molar-refractivity contribution in [3.8, 4) is 0 Å². The third-order valence-electron chi connectivity index (χ3n) is 4.44. The minimum absolute atomic E-state index is 0.0510. The predicted octanol–water partition coefficient (Wildman–Crippen LogP) is 2.79. The second-order valence-electron chi connectivity index (χ2n) is 6.17. The van der Waals surface area contributed by atoms with Crippen LogP contribution >= 0.6 is 0 Å². The van der Waals surface area contributed by atoms with Crippen molar-refractivity contribution in [1.82, 2.24) is 9.79 Å². The summed E-state index contributed by atoms with van der Waals surface area (Å²) in [6, 6.07) is 14.4. The molecular formula is C18H21FN2O3S. The van der Waals surface area contributed by atoms with Gasteiger partial charge >= 0.3 is 0 Å². The minimum atomic E-state index is -3.66. The summed E-state index contributed by atoms with van der Waals surface area (Å²) in [7, 11) is -1.97. The number of nitrogens with zero attached hydrogens (tertiary/aromatic N) is 1. The Morgan fingerprint density at radius 2 is 1.80 bits per heavy atom. The summed E-state index contributed by atoms with van der Waals surface area (Å²) in [6.07, 6.45) is 0. The van der Waals surface area contributed by atoms with E-state index < -0.39 is 21.3 Å². The van der Waals surface area contributed by atoms with E-state index in [-0.39, 0.29) is 18.5 Å². The molecule has 3 unspecified atom stereocenters. The first-order valence-electron chi connectivity index (χ1n) is 8.06. The maximum absolute atomic E-state index is 13.2. The van der Waals surface area contributed by atoms with E-state index in [0.29, 0.717) is 5.56 Å². The molecule has 25 heavy (non-hydrogen) atoms. The van der Waals surface area contributed by atoms with Crippen LogP contribution in [0, 0.1) is 5.82 Å². The van der Waals surface area contributed by atoms with Crippen LogP contribution in [0.3, 0.4) is 0 Å². The average molecular weight is 364 g/mol. The molecule has 0 aliphatic carbocycles. The van der Waals surface area contributed by atoms with Gasteiger partial charge in [0, 0.05) is 13.1 Å². The quantitative estimate of drug-likeness (QED) is 0.886. The average Bonchev–Trinajstić information content (AvgIpc) is 2.98. The Morgan fingerprint density at radius 3 is 2.44 bits per heavy atom. The second kappa shape index (κ2) is 7.21. The Morgan fingerprint density at radius 1 is 1.16 bits per heavy atom. The van der Waals surface area contributed by atoms with Crippen molar-refractivity contribution >= 4 is 10.0 Å². The number of benzene rings is 2. The van der Waals surface area contributed by atoms with Gasteiger partial charge in [0.15, 0.2) is 0 Å². The smallest absolute Gasteiger partial charge is 0.219 e. The lowest BCUT2D eigenvalue weighted by Gasteiger charge is -2.24. The van der Waals surface area contributed by atoms with Gasteiger partial charge in [-0.3, -0.25) is 4.84 Å².